The van der Waals surface area contributed by atoms with Crippen molar-refractivity contribution in [1.29, 1.82) is 0 Å². The molecule has 0 N–H and O–H groups in total. The molecule has 0 aliphatic carbocycles. The van der Waals surface area contributed by atoms with Crippen molar-refractivity contribution in [3.63, 3.8) is 0 Å². The van der Waals surface area contributed by atoms with Gasteiger partial charge >= 0.3 is 0 Å². The van der Waals surface area contributed by atoms with Crippen LogP contribution in [0.3, 0.4) is 0 Å². The minimum absolute atomic E-state index is 0.308. The molecule has 0 aliphatic heterocycles. The second kappa shape index (κ2) is 6.87. The minimum atomic E-state index is 0.308. The van der Waals surface area contributed by atoms with Crippen LogP contribution in [0.4, 0.5) is 0 Å². The van der Waals surface area contributed by atoms with E-state index in [2.05, 4.69) is 23.8 Å². The van der Waals surface area contributed by atoms with Gasteiger partial charge in [0.05, 0.1) is 35.1 Å². The van der Waals surface area contributed by atoms with E-state index in [9.17, 15) is 0 Å². The van der Waals surface area contributed by atoms with Gasteiger partial charge in [0, 0.05) is 11.5 Å². The number of aryl methyl sites for hydroxylation is 1. The molecule has 19 heavy (non-hydrogen) atoms. The quantitative estimate of drug-likeness (QED) is 0.755. The van der Waals surface area contributed by atoms with Crippen LogP contribution in [0.15, 0.2) is 24.3 Å². The summed E-state index contributed by atoms with van der Waals surface area (Å²) in [6.45, 7) is 6.94. The van der Waals surface area contributed by atoms with Gasteiger partial charge in [-0.1, -0.05) is 12.1 Å². The van der Waals surface area contributed by atoms with Gasteiger partial charge in [0.25, 0.3) is 0 Å². The van der Waals surface area contributed by atoms with Crippen molar-refractivity contribution in [2.75, 3.05) is 12.4 Å². The smallest absolute Gasteiger partial charge is 0.0890 e. The lowest BCUT2D eigenvalue weighted by Crippen LogP contribution is -2.06. The van der Waals surface area contributed by atoms with Crippen molar-refractivity contribution < 1.29 is 4.74 Å². The first-order chi connectivity index (χ1) is 9.16. The highest BCUT2D eigenvalue weighted by Crippen LogP contribution is 2.17. The van der Waals surface area contributed by atoms with Crippen LogP contribution < -0.4 is 0 Å². The largest absolute Gasteiger partial charge is 0.378 e. The van der Waals surface area contributed by atoms with Gasteiger partial charge in [-0.25, -0.2) is 9.97 Å². The van der Waals surface area contributed by atoms with Crippen molar-refractivity contribution in [2.24, 2.45) is 0 Å². The zero-order valence-corrected chi connectivity index (χ0v) is 12.5. The first-order valence-electron chi connectivity index (χ1n) is 6.58. The lowest BCUT2D eigenvalue weighted by Gasteiger charge is -2.08. The molecule has 2 aromatic rings. The van der Waals surface area contributed by atoms with Crippen LogP contribution in [0.1, 0.15) is 25.2 Å². The Morgan fingerprint density at radius 3 is 2.53 bits per heavy atom. The highest BCUT2D eigenvalue weighted by atomic mass is 32.2. The van der Waals surface area contributed by atoms with Gasteiger partial charge in [-0.2, -0.15) is 11.8 Å². The second-order valence-corrected chi connectivity index (χ2v) is 5.82. The summed E-state index contributed by atoms with van der Waals surface area (Å²) >= 11 is 1.84. The summed E-state index contributed by atoms with van der Waals surface area (Å²) in [6.07, 6.45) is 0.308. The molecule has 0 saturated heterocycles. The van der Waals surface area contributed by atoms with Gasteiger partial charge < -0.3 is 4.74 Å². The maximum absolute atomic E-state index is 5.52. The number of benzene rings is 1. The van der Waals surface area contributed by atoms with E-state index in [0.29, 0.717) is 6.10 Å². The third-order valence-corrected chi connectivity index (χ3v) is 3.69. The lowest BCUT2D eigenvalue weighted by atomic mass is 10.2. The molecule has 0 saturated carbocycles. The summed E-state index contributed by atoms with van der Waals surface area (Å²) in [5.74, 6) is 1.89. The molecule has 0 atom stereocenters. The molecule has 0 amide bonds. The predicted octanol–water partition coefficient (Wildman–Crippen LogP) is 3.60. The summed E-state index contributed by atoms with van der Waals surface area (Å²) in [7, 11) is 0. The number of thioether (sulfide) groups is 1. The Morgan fingerprint density at radius 1 is 1.16 bits per heavy atom. The van der Waals surface area contributed by atoms with Crippen LogP contribution in [0.2, 0.25) is 0 Å². The van der Waals surface area contributed by atoms with E-state index in [1.54, 1.807) is 0 Å². The van der Waals surface area contributed by atoms with Crippen LogP contribution in [0, 0.1) is 6.92 Å². The van der Waals surface area contributed by atoms with Crippen LogP contribution >= 0.6 is 11.8 Å². The van der Waals surface area contributed by atoms with Crippen molar-refractivity contribution in [1.82, 2.24) is 9.97 Å². The summed E-state index contributed by atoms with van der Waals surface area (Å²) in [4.78, 5) is 9.28. The normalized spacial score (nSPS) is 11.4. The molecule has 0 radical (unpaired) electrons. The molecule has 0 unspecified atom stereocenters. The topological polar surface area (TPSA) is 35.0 Å². The number of para-hydroxylation sites is 2. The Kier molecular flexibility index (Phi) is 5.16. The summed E-state index contributed by atoms with van der Waals surface area (Å²) in [5.41, 5.74) is 4.04. The number of rotatable bonds is 6. The molecule has 0 spiro atoms. The van der Waals surface area contributed by atoms with Gasteiger partial charge in [0.15, 0.2) is 0 Å². The van der Waals surface area contributed by atoms with Gasteiger partial charge in [-0.3, -0.25) is 0 Å². The number of ether oxygens (including phenoxy) is 1. The van der Waals surface area contributed by atoms with Crippen LogP contribution in [0.5, 0.6) is 0 Å². The molecule has 1 aromatic heterocycles. The molecule has 3 nitrogen and oxygen atoms in total. The van der Waals surface area contributed by atoms with Crippen molar-refractivity contribution in [2.45, 2.75) is 32.6 Å². The molecule has 0 aliphatic rings. The molecule has 1 heterocycles. The van der Waals surface area contributed by atoms with Crippen LogP contribution in [-0.2, 0) is 10.5 Å². The molecule has 0 fully saturated rings. The molecule has 2 rings (SSSR count). The standard InChI is InChI=1S/C15H20N2OS/c1-11(2)18-8-9-19-10-15-12(3)16-13-6-4-5-7-14(13)17-15/h4-7,11H,8-10H2,1-3H3. The van der Waals surface area contributed by atoms with Gasteiger partial charge in [-0.05, 0) is 32.9 Å². The van der Waals surface area contributed by atoms with E-state index >= 15 is 0 Å². The zero-order valence-electron chi connectivity index (χ0n) is 11.7. The average Bonchev–Trinajstić information content (AvgIpc) is 2.38. The lowest BCUT2D eigenvalue weighted by molar-refractivity contribution is 0.0920. The van der Waals surface area contributed by atoms with E-state index in [1.807, 2.05) is 43.0 Å². The molecular weight excluding hydrogens is 256 g/mol. The van der Waals surface area contributed by atoms with E-state index in [-0.39, 0.29) is 0 Å². The highest BCUT2D eigenvalue weighted by molar-refractivity contribution is 7.98. The molecule has 1 aromatic carbocycles. The van der Waals surface area contributed by atoms with Crippen LogP contribution in [-0.4, -0.2) is 28.4 Å². The summed E-state index contributed by atoms with van der Waals surface area (Å²) in [5, 5.41) is 0. The zero-order chi connectivity index (χ0) is 13.7. The second-order valence-electron chi connectivity index (χ2n) is 4.72. The van der Waals surface area contributed by atoms with Crippen molar-refractivity contribution in [3.8, 4) is 0 Å². The Balaban J connectivity index is 1.95. The number of hydrogen-bond acceptors (Lipinski definition) is 4. The molecule has 0 bridgehead atoms. The number of hydrogen-bond donors (Lipinski definition) is 0. The van der Waals surface area contributed by atoms with Gasteiger partial charge in [0.1, 0.15) is 0 Å². The Bertz CT molecular complexity index is 543. The van der Waals surface area contributed by atoms with E-state index in [1.165, 1.54) is 0 Å². The van der Waals surface area contributed by atoms with Crippen molar-refractivity contribution >= 4 is 22.8 Å². The first kappa shape index (κ1) is 14.3. The maximum atomic E-state index is 5.52. The van der Waals surface area contributed by atoms with Gasteiger partial charge in [0.2, 0.25) is 0 Å². The Labute approximate surface area is 118 Å². The Hall–Kier alpha value is -1.13. The third-order valence-electron chi connectivity index (χ3n) is 2.76. The fraction of sp³-hybridized carbons (Fsp3) is 0.467. The Morgan fingerprint density at radius 2 is 1.84 bits per heavy atom. The minimum Gasteiger partial charge on any atom is -0.378 e. The molecule has 4 heteroatoms. The highest BCUT2D eigenvalue weighted by Gasteiger charge is 2.05. The molecule has 102 valence electrons. The SMILES string of the molecule is Cc1nc2ccccc2nc1CSCCOC(C)C. The summed E-state index contributed by atoms with van der Waals surface area (Å²) in [6, 6.07) is 8.01. The van der Waals surface area contributed by atoms with E-state index < -0.39 is 0 Å². The number of nitrogens with zero attached hydrogens (tertiary/aromatic N) is 2. The summed E-state index contributed by atoms with van der Waals surface area (Å²) < 4.78 is 5.52. The number of fused-ring (bicyclic) bond motifs is 1. The fourth-order valence-electron chi connectivity index (χ4n) is 1.77. The van der Waals surface area contributed by atoms with Crippen molar-refractivity contribution in [3.05, 3.63) is 35.7 Å². The fourth-order valence-corrected chi connectivity index (χ4v) is 2.60. The van der Waals surface area contributed by atoms with Crippen LogP contribution in [0.25, 0.3) is 11.0 Å². The third kappa shape index (κ3) is 4.18. The predicted molar refractivity (Wildman–Crippen MR) is 81.5 cm³/mol. The average molecular weight is 276 g/mol. The molecular formula is C15H20N2OS. The monoisotopic (exact) mass is 276 g/mol. The van der Waals surface area contributed by atoms with E-state index in [4.69, 9.17) is 4.74 Å². The van der Waals surface area contributed by atoms with Gasteiger partial charge in [-0.15, -0.1) is 0 Å². The van der Waals surface area contributed by atoms with E-state index in [0.717, 1.165) is 40.5 Å². The first-order valence-corrected chi connectivity index (χ1v) is 7.74. The number of aromatic nitrogens is 2. The maximum Gasteiger partial charge on any atom is 0.0890 e.